The number of nitrogens with zero attached hydrogens (tertiary/aromatic N) is 2. The summed E-state index contributed by atoms with van der Waals surface area (Å²) in [6, 6.07) is 31.7. The van der Waals surface area contributed by atoms with E-state index in [9.17, 15) is 19.2 Å². The molecule has 0 saturated carbocycles. The second-order valence-corrected chi connectivity index (χ2v) is 13.0. The van der Waals surface area contributed by atoms with Crippen LogP contribution in [0.1, 0.15) is 0 Å². The first kappa shape index (κ1) is 41.1. The van der Waals surface area contributed by atoms with Crippen LogP contribution in [0.3, 0.4) is 0 Å². The molecule has 0 aliphatic carbocycles. The molecule has 2 atom stereocenters. The Morgan fingerprint density at radius 2 is 1.25 bits per heavy atom. The predicted octanol–water partition coefficient (Wildman–Crippen LogP) is 8.00. The summed E-state index contributed by atoms with van der Waals surface area (Å²) in [5.74, 6) is 0. The summed E-state index contributed by atoms with van der Waals surface area (Å²) in [6.07, 6.45) is -0.230. The number of rotatable bonds is 7. The molecule has 2 radical (unpaired) electrons. The van der Waals surface area contributed by atoms with E-state index in [1.54, 1.807) is 17.5 Å². The van der Waals surface area contributed by atoms with Crippen molar-refractivity contribution in [2.75, 3.05) is 14.2 Å². The first-order chi connectivity index (χ1) is 23.7. The molecule has 0 aliphatic rings. The molecule has 7 aromatic rings. The number of carbonyl (C=O) groups is 2. The van der Waals surface area contributed by atoms with Crippen LogP contribution in [0.4, 0.5) is 9.59 Å². The zero-order chi connectivity index (χ0) is 34.9. The summed E-state index contributed by atoms with van der Waals surface area (Å²) >= 11 is 1.77. The van der Waals surface area contributed by atoms with Gasteiger partial charge < -0.3 is 40.5 Å². The number of ether oxygens (including phenoxy) is 2. The van der Waals surface area contributed by atoms with E-state index in [0.717, 1.165) is 58.4 Å². The van der Waals surface area contributed by atoms with E-state index in [2.05, 4.69) is 102 Å². The molecule has 0 spiro atoms. The number of amides is 2. The van der Waals surface area contributed by atoms with E-state index in [4.69, 9.17) is 11.5 Å². The smallest absolute Gasteiger partial charge is 0.632 e. The Balaban J connectivity index is 0.000000520. The second-order valence-electron chi connectivity index (χ2n) is 10.0. The van der Waals surface area contributed by atoms with Gasteiger partial charge in [-0.25, -0.2) is 22.0 Å². The molecule has 4 aromatic carbocycles. The molecule has 4 N–H and O–H groups in total. The third-order valence-electron chi connectivity index (χ3n) is 7.06. The van der Waals surface area contributed by atoms with Gasteiger partial charge in [0.25, 0.3) is 0 Å². The van der Waals surface area contributed by atoms with E-state index in [1.807, 2.05) is 18.1 Å². The van der Waals surface area contributed by atoms with Crippen LogP contribution in [-0.4, -0.2) is 58.4 Å². The topological polar surface area (TPSA) is 192 Å². The van der Waals surface area contributed by atoms with Crippen molar-refractivity contribution in [3.05, 3.63) is 96.5 Å². The van der Waals surface area contributed by atoms with E-state index in [0.29, 0.717) is 11.1 Å². The van der Waals surface area contributed by atoms with Gasteiger partial charge in [0.05, 0.1) is 48.3 Å². The van der Waals surface area contributed by atoms with Crippen molar-refractivity contribution in [2.24, 2.45) is 0 Å². The number of benzene rings is 4. The first-order valence-electron chi connectivity index (χ1n) is 14.2. The van der Waals surface area contributed by atoms with Gasteiger partial charge in [0, 0.05) is 15.1 Å². The molecular weight excluding hydrogens is 784 g/mol. The maximum atomic E-state index is 10.7. The summed E-state index contributed by atoms with van der Waals surface area (Å²) in [7, 11) is 2.15. The Morgan fingerprint density at radius 1 is 0.706 bits per heavy atom. The van der Waals surface area contributed by atoms with Crippen molar-refractivity contribution in [3.63, 3.8) is 0 Å². The minimum atomic E-state index is -0.995. The largest absolute Gasteiger partial charge is 2.00 e. The van der Waals surface area contributed by atoms with Crippen molar-refractivity contribution >= 4 is 95.8 Å². The number of thiophene rings is 1. The van der Waals surface area contributed by atoms with E-state index < -0.39 is 12.2 Å². The van der Waals surface area contributed by atoms with Crippen LogP contribution >= 0.6 is 28.5 Å². The monoisotopic (exact) mass is 810 g/mol. The van der Waals surface area contributed by atoms with Crippen LogP contribution < -0.4 is 11.1 Å². The molecule has 0 fully saturated rings. The second kappa shape index (κ2) is 19.3. The van der Waals surface area contributed by atoms with Crippen LogP contribution in [0, 0.1) is 0 Å². The molecule has 51 heavy (non-hydrogen) atoms. The number of aromatic amines is 2. The Labute approximate surface area is 323 Å². The number of imidazole rings is 2. The third kappa shape index (κ3) is 10.6. The Morgan fingerprint density at radius 3 is 1.88 bits per heavy atom. The quantitative estimate of drug-likeness (QED) is 0.119. The molecule has 2 unspecified atom stereocenters. The minimum Gasteiger partial charge on any atom is -0.632 e. The molecule has 2 amide bonds. The molecular formula is C34H26N6O6P2SV2. The van der Waals surface area contributed by atoms with Crippen LogP contribution in [-0.2, 0) is 56.2 Å². The number of methoxy groups -OCH3 is 2. The number of H-pyrrole nitrogens is 2. The van der Waals surface area contributed by atoms with Crippen LogP contribution in [0.15, 0.2) is 85.1 Å². The minimum absolute atomic E-state index is 0. The molecule has 12 nitrogen and oxygen atoms in total. The summed E-state index contributed by atoms with van der Waals surface area (Å²) in [5, 5.41) is 3.50. The fraction of sp³-hybridized carbons (Fsp3) is 0.0588. The van der Waals surface area contributed by atoms with Gasteiger partial charge in [-0.1, -0.05) is 42.5 Å². The summed E-state index contributed by atoms with van der Waals surface area (Å²) in [5.41, 5.74) is 20.4. The average molecular weight is 811 g/mol. The zero-order valence-corrected chi connectivity index (χ0v) is 32.3. The van der Waals surface area contributed by atoms with E-state index in [1.165, 1.54) is 20.5 Å². The fourth-order valence-corrected chi connectivity index (χ4v) is 6.79. The standard InChI is InChI=1S/C30H18N4O2P2S.2C2H5NO2.2V/c35-15-37-29-31-14-26(34-29)21-5-3-17-9-18(1-2-19(17)10-21)20-4-6-23-13-28(39-27(23)12-20)22-7-8-24-25(11-22)33-30(32-24)38-16-36;2*1-5-2(3)4;;/h1-14,37-38H,(H,31,34)(H,32,33);2*1H3,(H2,3,4);;/q-2;;;2*+2/p-2. The Kier molecular flexibility index (Phi) is 15.6. The van der Waals surface area contributed by atoms with E-state index >= 15 is 0 Å². The molecule has 17 heteroatoms. The molecule has 7 rings (SSSR count). The van der Waals surface area contributed by atoms with Gasteiger partial charge in [0.2, 0.25) is 12.2 Å². The fourth-order valence-electron chi connectivity index (χ4n) is 4.80. The van der Waals surface area contributed by atoms with Gasteiger partial charge in [0.15, 0.2) is 0 Å². The number of nitrogens with one attached hydrogen (secondary N) is 4. The van der Waals surface area contributed by atoms with Gasteiger partial charge in [0.1, 0.15) is 0 Å². The normalized spacial score (nSPS) is 10.5. The van der Waals surface area contributed by atoms with Crippen LogP contribution in [0.2, 0.25) is 0 Å². The Hall–Kier alpha value is -4.31. The molecule has 254 valence electrons. The number of hydrogen-bond acceptors (Lipinski definition) is 9. The van der Waals surface area contributed by atoms with E-state index in [-0.39, 0.29) is 54.3 Å². The molecule has 0 aliphatic heterocycles. The van der Waals surface area contributed by atoms with Gasteiger partial charge in [-0.15, -0.1) is 11.3 Å². The van der Waals surface area contributed by atoms with Gasteiger partial charge in [-0.05, 0) is 69.2 Å². The first-order valence-corrected chi connectivity index (χ1v) is 17.0. The van der Waals surface area contributed by atoms with Gasteiger partial charge in [-0.2, -0.15) is 17.2 Å². The zero-order valence-electron chi connectivity index (χ0n) is 26.7. The summed E-state index contributed by atoms with van der Waals surface area (Å²) in [6.45, 7) is 0. The number of fused-ring (bicyclic) bond motifs is 3. The number of hydrogen-bond donors (Lipinski definition) is 2. The summed E-state index contributed by atoms with van der Waals surface area (Å²) in [4.78, 5) is 56.2. The van der Waals surface area contributed by atoms with Crippen molar-refractivity contribution in [2.45, 2.75) is 0 Å². The van der Waals surface area contributed by atoms with Crippen LogP contribution in [0.5, 0.6) is 0 Å². The number of aromatic nitrogens is 4. The molecule has 0 bridgehead atoms. The van der Waals surface area contributed by atoms with Gasteiger partial charge >= 0.3 is 37.1 Å². The molecule has 3 aromatic heterocycles. The number of carbonyl (C=O) groups excluding carboxylic acids is 4. The van der Waals surface area contributed by atoms with Crippen molar-refractivity contribution in [1.29, 1.82) is 0 Å². The summed E-state index contributed by atoms with van der Waals surface area (Å²) < 4.78 is 8.78. The Bertz CT molecular complexity index is 2300. The van der Waals surface area contributed by atoms with Crippen molar-refractivity contribution in [3.8, 4) is 32.8 Å². The average Bonchev–Trinajstić information content (AvgIpc) is 3.86. The van der Waals surface area contributed by atoms with Crippen LogP contribution in [0.25, 0.3) is 76.2 Å². The maximum Gasteiger partial charge on any atom is 2.00 e. The SMILES string of the molecule is COC([NH-])=O.COC([NH-])=O.O=[C-]Pc1ncc(-c2ccc3cc(-c4ccc5cc(-c6ccc7nc(P[C-]=O)[nH]c7c6)sc5c4)ccc3c2)[nH]1.[V+2].[V+2]. The van der Waals surface area contributed by atoms with Crippen molar-refractivity contribution in [1.82, 2.24) is 19.9 Å². The molecule has 3 heterocycles. The predicted molar refractivity (Wildman–Crippen MR) is 198 cm³/mol. The van der Waals surface area contributed by atoms with Gasteiger partial charge in [-0.3, -0.25) is 9.59 Å². The molecule has 0 saturated heterocycles. The third-order valence-corrected chi connectivity index (χ3v) is 9.37. The van der Waals surface area contributed by atoms with Crippen molar-refractivity contribution < 1.29 is 65.8 Å². The maximum absolute atomic E-state index is 10.7.